The summed E-state index contributed by atoms with van der Waals surface area (Å²) < 4.78 is 0. The number of β-amino-alcohol motifs (C(OH)–C–C–N with tert-alkyl or cyclic N) is 1. The summed E-state index contributed by atoms with van der Waals surface area (Å²) in [6.07, 6.45) is 2.46. The molecule has 3 N–H and O–H groups in total. The van der Waals surface area contributed by atoms with Crippen molar-refractivity contribution in [3.63, 3.8) is 0 Å². The van der Waals surface area contributed by atoms with Crippen LogP contribution < -0.4 is 5.73 Å². The van der Waals surface area contributed by atoms with E-state index in [1.54, 1.807) is 0 Å². The molecular formula is C13H20N2O. The number of rotatable bonds is 4. The second-order valence-electron chi connectivity index (χ2n) is 4.58. The predicted octanol–water partition coefficient (Wildman–Crippen LogP) is 0.929. The summed E-state index contributed by atoms with van der Waals surface area (Å²) in [7, 11) is 0. The van der Waals surface area contributed by atoms with Crippen LogP contribution in [-0.2, 0) is 5.60 Å². The largest absolute Gasteiger partial charge is 0.382 e. The molecule has 1 aliphatic heterocycles. The normalized spacial score (nSPS) is 20.9. The number of nitrogens with two attached hydrogens (primary N) is 1. The third kappa shape index (κ3) is 2.43. The molecule has 1 aromatic carbocycles. The number of benzene rings is 1. The van der Waals surface area contributed by atoms with Gasteiger partial charge in [0.15, 0.2) is 0 Å². The first-order valence-electron chi connectivity index (χ1n) is 5.95. The molecule has 1 saturated heterocycles. The van der Waals surface area contributed by atoms with E-state index in [0.717, 1.165) is 18.7 Å². The second kappa shape index (κ2) is 4.95. The van der Waals surface area contributed by atoms with Crippen LogP contribution in [0.4, 0.5) is 0 Å². The zero-order valence-electron chi connectivity index (χ0n) is 9.60. The average molecular weight is 220 g/mol. The Hall–Kier alpha value is -0.900. The SMILES string of the molecule is NCC(O)(CN1CCCC1)c1ccccc1. The summed E-state index contributed by atoms with van der Waals surface area (Å²) in [5.41, 5.74) is 5.76. The first-order valence-corrected chi connectivity index (χ1v) is 5.95. The number of hydrogen-bond donors (Lipinski definition) is 2. The van der Waals surface area contributed by atoms with Gasteiger partial charge in [0.05, 0.1) is 0 Å². The van der Waals surface area contributed by atoms with Gasteiger partial charge in [-0.1, -0.05) is 30.3 Å². The molecule has 0 spiro atoms. The fraction of sp³-hybridized carbons (Fsp3) is 0.538. The zero-order valence-corrected chi connectivity index (χ0v) is 9.60. The standard InChI is InChI=1S/C13H20N2O/c14-10-13(16,11-15-8-4-5-9-15)12-6-2-1-3-7-12/h1-3,6-7,16H,4-5,8-11,14H2. The summed E-state index contributed by atoms with van der Waals surface area (Å²) >= 11 is 0. The van der Waals surface area contributed by atoms with Gasteiger partial charge in [0, 0.05) is 13.1 Å². The molecular weight excluding hydrogens is 200 g/mol. The van der Waals surface area contributed by atoms with Crippen molar-refractivity contribution in [1.82, 2.24) is 4.90 Å². The van der Waals surface area contributed by atoms with Crippen molar-refractivity contribution >= 4 is 0 Å². The Morgan fingerprint density at radius 1 is 1.19 bits per heavy atom. The minimum absolute atomic E-state index is 0.271. The Morgan fingerprint density at radius 2 is 1.81 bits per heavy atom. The molecule has 1 aromatic rings. The topological polar surface area (TPSA) is 49.5 Å². The van der Waals surface area contributed by atoms with Crippen molar-refractivity contribution in [2.45, 2.75) is 18.4 Å². The summed E-state index contributed by atoms with van der Waals surface area (Å²) in [5, 5.41) is 10.6. The van der Waals surface area contributed by atoms with E-state index >= 15 is 0 Å². The number of nitrogens with zero attached hydrogens (tertiary/aromatic N) is 1. The highest BCUT2D eigenvalue weighted by atomic mass is 16.3. The second-order valence-corrected chi connectivity index (χ2v) is 4.58. The van der Waals surface area contributed by atoms with Crippen LogP contribution >= 0.6 is 0 Å². The van der Waals surface area contributed by atoms with Crippen molar-refractivity contribution in [2.24, 2.45) is 5.73 Å². The number of aliphatic hydroxyl groups is 1. The van der Waals surface area contributed by atoms with Crippen molar-refractivity contribution in [2.75, 3.05) is 26.2 Å². The lowest BCUT2D eigenvalue weighted by Gasteiger charge is -2.31. The molecule has 0 amide bonds. The maximum atomic E-state index is 10.6. The monoisotopic (exact) mass is 220 g/mol. The molecule has 1 unspecified atom stereocenters. The van der Waals surface area contributed by atoms with Gasteiger partial charge in [-0.15, -0.1) is 0 Å². The van der Waals surface area contributed by atoms with Crippen LogP contribution in [0.2, 0.25) is 0 Å². The van der Waals surface area contributed by atoms with E-state index in [4.69, 9.17) is 5.73 Å². The van der Waals surface area contributed by atoms with Crippen LogP contribution in [0.15, 0.2) is 30.3 Å². The maximum absolute atomic E-state index is 10.6. The van der Waals surface area contributed by atoms with Gasteiger partial charge in [-0.3, -0.25) is 0 Å². The highest BCUT2D eigenvalue weighted by molar-refractivity contribution is 5.23. The molecule has 0 aliphatic carbocycles. The van der Waals surface area contributed by atoms with E-state index in [0.29, 0.717) is 6.54 Å². The van der Waals surface area contributed by atoms with Crippen LogP contribution in [-0.4, -0.2) is 36.2 Å². The molecule has 0 bridgehead atoms. The molecule has 1 fully saturated rings. The first-order chi connectivity index (χ1) is 7.74. The Morgan fingerprint density at radius 3 is 2.38 bits per heavy atom. The molecule has 1 heterocycles. The first kappa shape index (κ1) is 11.6. The maximum Gasteiger partial charge on any atom is 0.114 e. The van der Waals surface area contributed by atoms with E-state index in [1.807, 2.05) is 30.3 Å². The van der Waals surface area contributed by atoms with E-state index < -0.39 is 5.60 Å². The summed E-state index contributed by atoms with van der Waals surface area (Å²) in [5.74, 6) is 0. The summed E-state index contributed by atoms with van der Waals surface area (Å²) in [6.45, 7) is 3.07. The quantitative estimate of drug-likeness (QED) is 0.793. The van der Waals surface area contributed by atoms with Crippen molar-refractivity contribution in [3.05, 3.63) is 35.9 Å². The Balaban J connectivity index is 2.12. The highest BCUT2D eigenvalue weighted by Gasteiger charge is 2.30. The van der Waals surface area contributed by atoms with E-state index in [1.165, 1.54) is 12.8 Å². The third-order valence-corrected chi connectivity index (χ3v) is 3.33. The number of likely N-dealkylation sites (tertiary alicyclic amines) is 1. The van der Waals surface area contributed by atoms with Gasteiger partial charge in [0.2, 0.25) is 0 Å². The van der Waals surface area contributed by atoms with Gasteiger partial charge < -0.3 is 15.7 Å². The van der Waals surface area contributed by atoms with Crippen LogP contribution in [0.5, 0.6) is 0 Å². The zero-order chi connectivity index (χ0) is 11.4. The molecule has 3 nitrogen and oxygen atoms in total. The lowest BCUT2D eigenvalue weighted by Crippen LogP contribution is -2.45. The van der Waals surface area contributed by atoms with Crippen molar-refractivity contribution in [3.8, 4) is 0 Å². The molecule has 0 radical (unpaired) electrons. The van der Waals surface area contributed by atoms with Gasteiger partial charge in [0.25, 0.3) is 0 Å². The van der Waals surface area contributed by atoms with E-state index in [9.17, 15) is 5.11 Å². The number of hydrogen-bond acceptors (Lipinski definition) is 3. The third-order valence-electron chi connectivity index (χ3n) is 3.33. The van der Waals surface area contributed by atoms with Gasteiger partial charge in [0.1, 0.15) is 5.60 Å². The highest BCUT2D eigenvalue weighted by Crippen LogP contribution is 2.23. The summed E-state index contributed by atoms with van der Waals surface area (Å²) in [4.78, 5) is 2.29. The van der Waals surface area contributed by atoms with Gasteiger partial charge >= 0.3 is 0 Å². The van der Waals surface area contributed by atoms with Crippen LogP contribution in [0, 0.1) is 0 Å². The molecule has 2 rings (SSSR count). The molecule has 1 atom stereocenters. The lowest BCUT2D eigenvalue weighted by molar-refractivity contribution is 0.0132. The lowest BCUT2D eigenvalue weighted by atomic mass is 9.93. The van der Waals surface area contributed by atoms with Gasteiger partial charge in [-0.05, 0) is 31.5 Å². The smallest absolute Gasteiger partial charge is 0.114 e. The van der Waals surface area contributed by atoms with E-state index in [-0.39, 0.29) is 6.54 Å². The molecule has 0 saturated carbocycles. The average Bonchev–Trinajstić information content (AvgIpc) is 2.83. The predicted molar refractivity (Wildman–Crippen MR) is 65.1 cm³/mol. The van der Waals surface area contributed by atoms with Gasteiger partial charge in [-0.2, -0.15) is 0 Å². The Labute approximate surface area is 96.9 Å². The Bertz CT molecular complexity index is 322. The van der Waals surface area contributed by atoms with Crippen molar-refractivity contribution in [1.29, 1.82) is 0 Å². The van der Waals surface area contributed by atoms with Gasteiger partial charge in [-0.25, -0.2) is 0 Å². The molecule has 1 aliphatic rings. The molecule has 0 aromatic heterocycles. The Kier molecular flexibility index (Phi) is 3.59. The van der Waals surface area contributed by atoms with E-state index in [2.05, 4.69) is 4.90 Å². The van der Waals surface area contributed by atoms with Crippen LogP contribution in [0.25, 0.3) is 0 Å². The fourth-order valence-electron chi connectivity index (χ4n) is 2.33. The molecule has 88 valence electrons. The minimum atomic E-state index is -0.897. The molecule has 3 heteroatoms. The van der Waals surface area contributed by atoms with Crippen molar-refractivity contribution < 1.29 is 5.11 Å². The summed E-state index contributed by atoms with van der Waals surface area (Å²) in [6, 6.07) is 9.74. The van der Waals surface area contributed by atoms with Crippen LogP contribution in [0.3, 0.4) is 0 Å². The fourth-order valence-corrected chi connectivity index (χ4v) is 2.33. The molecule has 16 heavy (non-hydrogen) atoms. The minimum Gasteiger partial charge on any atom is -0.382 e. The van der Waals surface area contributed by atoms with Crippen LogP contribution in [0.1, 0.15) is 18.4 Å².